The van der Waals surface area contributed by atoms with Crippen LogP contribution >= 0.6 is 0 Å². The number of piperidine rings is 2. The third kappa shape index (κ3) is 6.53. The first-order chi connectivity index (χ1) is 17.4. The number of aliphatic carboxylic acids is 2. The molecule has 0 radical (unpaired) electrons. The quantitative estimate of drug-likeness (QED) is 0.230. The molecule has 0 spiro atoms. The van der Waals surface area contributed by atoms with Gasteiger partial charge in [0.15, 0.2) is 0 Å². The molecule has 2 heterocycles. The Hall–Kier alpha value is -2.12. The Morgan fingerprint density at radius 3 is 1.34 bits per heavy atom. The summed E-state index contributed by atoms with van der Waals surface area (Å²) in [7, 11) is 0. The van der Waals surface area contributed by atoms with Gasteiger partial charge in [0.1, 0.15) is 0 Å². The number of hydrogen-bond acceptors (Lipinski definition) is 4. The molecule has 2 N–H and O–H groups in total. The Kier molecular flexibility index (Phi) is 9.75. The Labute approximate surface area is 229 Å². The van der Waals surface area contributed by atoms with E-state index in [1.165, 1.54) is 0 Å². The summed E-state index contributed by atoms with van der Waals surface area (Å²) in [6, 6.07) is 0. The SMILES string of the molecule is CC1(C)CC(C(CCCCCCCC(=O)O)(C(=O)O)C2CC(C)(C)N(C=O)C(C)(C)C2)CC(C)(C)N1C=O. The van der Waals surface area contributed by atoms with Crippen molar-refractivity contribution in [2.24, 2.45) is 17.3 Å². The first-order valence-corrected chi connectivity index (χ1v) is 14.3. The normalized spacial score (nSPS) is 23.2. The molecule has 38 heavy (non-hydrogen) atoms. The monoisotopic (exact) mass is 536 g/mol. The first-order valence-electron chi connectivity index (χ1n) is 14.3. The van der Waals surface area contributed by atoms with Crippen LogP contribution in [0.4, 0.5) is 0 Å². The number of carboxylic acids is 2. The number of carbonyl (C=O) groups is 4. The Balaban J connectivity index is 2.48. The minimum Gasteiger partial charge on any atom is -0.481 e. The second-order valence-electron chi connectivity index (χ2n) is 14.4. The summed E-state index contributed by atoms with van der Waals surface area (Å²) in [5, 5.41) is 20.0. The second kappa shape index (κ2) is 11.5. The lowest BCUT2D eigenvalue weighted by Crippen LogP contribution is -2.66. The second-order valence-corrected chi connectivity index (χ2v) is 14.4. The van der Waals surface area contributed by atoms with Crippen molar-refractivity contribution in [3.63, 3.8) is 0 Å². The lowest BCUT2D eigenvalue weighted by atomic mass is 9.52. The molecule has 218 valence electrons. The summed E-state index contributed by atoms with van der Waals surface area (Å²) in [6.45, 7) is 16.3. The predicted molar refractivity (Wildman–Crippen MR) is 148 cm³/mol. The smallest absolute Gasteiger partial charge is 0.310 e. The van der Waals surface area contributed by atoms with Gasteiger partial charge >= 0.3 is 11.9 Å². The lowest BCUT2D eigenvalue weighted by Gasteiger charge is -2.61. The molecule has 2 aliphatic rings. The van der Waals surface area contributed by atoms with E-state index in [2.05, 4.69) is 0 Å². The van der Waals surface area contributed by atoms with Gasteiger partial charge in [-0.3, -0.25) is 19.2 Å². The van der Waals surface area contributed by atoms with Crippen LogP contribution in [-0.4, -0.2) is 66.9 Å². The predicted octanol–water partition coefficient (Wildman–Crippen LogP) is 5.72. The van der Waals surface area contributed by atoms with Gasteiger partial charge in [0.2, 0.25) is 12.8 Å². The fourth-order valence-electron chi connectivity index (χ4n) is 8.31. The van der Waals surface area contributed by atoms with Crippen LogP contribution in [0.3, 0.4) is 0 Å². The van der Waals surface area contributed by atoms with E-state index in [-0.39, 0.29) is 18.3 Å². The number of rotatable bonds is 13. The summed E-state index contributed by atoms with van der Waals surface area (Å²) in [4.78, 5) is 52.3. The van der Waals surface area contributed by atoms with Gasteiger partial charge in [0.05, 0.1) is 5.41 Å². The van der Waals surface area contributed by atoms with Crippen molar-refractivity contribution < 1.29 is 29.4 Å². The van der Waals surface area contributed by atoms with Gasteiger partial charge in [-0.15, -0.1) is 0 Å². The molecule has 0 aromatic rings. The molecular weight excluding hydrogens is 484 g/mol. The minimum atomic E-state index is -0.992. The number of unbranched alkanes of at least 4 members (excludes halogenated alkanes) is 4. The van der Waals surface area contributed by atoms with Crippen LogP contribution in [0.25, 0.3) is 0 Å². The van der Waals surface area contributed by atoms with Gasteiger partial charge in [-0.1, -0.05) is 25.7 Å². The number of nitrogens with zero attached hydrogens (tertiary/aromatic N) is 2. The number of likely N-dealkylation sites (tertiary alicyclic amines) is 2. The van der Waals surface area contributed by atoms with Crippen molar-refractivity contribution in [1.82, 2.24) is 9.80 Å². The highest BCUT2D eigenvalue weighted by Gasteiger charge is 2.60. The highest BCUT2D eigenvalue weighted by Crippen LogP contribution is 2.58. The van der Waals surface area contributed by atoms with Crippen LogP contribution < -0.4 is 0 Å². The van der Waals surface area contributed by atoms with Crippen LogP contribution in [-0.2, 0) is 19.2 Å². The zero-order valence-electron chi connectivity index (χ0n) is 25.0. The molecule has 2 fully saturated rings. The average molecular weight is 537 g/mol. The van der Waals surface area contributed by atoms with Gasteiger partial charge in [-0.05, 0) is 106 Å². The molecule has 2 aliphatic heterocycles. The van der Waals surface area contributed by atoms with Crippen molar-refractivity contribution in [1.29, 1.82) is 0 Å². The zero-order chi connectivity index (χ0) is 29.2. The highest BCUT2D eigenvalue weighted by atomic mass is 16.4. The molecular formula is C30H52N2O6. The van der Waals surface area contributed by atoms with Crippen molar-refractivity contribution in [2.45, 2.75) is 148 Å². The van der Waals surface area contributed by atoms with Crippen LogP contribution in [0.1, 0.15) is 126 Å². The molecule has 0 aromatic carbocycles. The van der Waals surface area contributed by atoms with E-state index >= 15 is 0 Å². The topological polar surface area (TPSA) is 115 Å². The van der Waals surface area contributed by atoms with E-state index < -0.39 is 39.5 Å². The van der Waals surface area contributed by atoms with Crippen molar-refractivity contribution in [2.75, 3.05) is 0 Å². The fraction of sp³-hybridized carbons (Fsp3) is 0.867. The molecule has 0 aromatic heterocycles. The average Bonchev–Trinajstić information content (AvgIpc) is 2.72. The molecule has 8 heteroatoms. The van der Waals surface area contributed by atoms with Gasteiger partial charge in [-0.25, -0.2) is 0 Å². The van der Waals surface area contributed by atoms with Crippen LogP contribution in [0.2, 0.25) is 0 Å². The first kappa shape index (κ1) is 32.1. The molecule has 0 unspecified atom stereocenters. The molecule has 0 aliphatic carbocycles. The van der Waals surface area contributed by atoms with E-state index in [0.717, 1.165) is 38.5 Å². The fourth-order valence-corrected chi connectivity index (χ4v) is 8.31. The van der Waals surface area contributed by atoms with E-state index in [0.29, 0.717) is 38.5 Å². The number of hydrogen-bond donors (Lipinski definition) is 2. The van der Waals surface area contributed by atoms with E-state index in [1.807, 2.05) is 65.2 Å². The molecule has 8 nitrogen and oxygen atoms in total. The molecule has 0 saturated carbocycles. The van der Waals surface area contributed by atoms with Crippen molar-refractivity contribution in [3.8, 4) is 0 Å². The third-order valence-corrected chi connectivity index (χ3v) is 9.64. The maximum Gasteiger partial charge on any atom is 0.310 e. The third-order valence-electron chi connectivity index (χ3n) is 9.64. The van der Waals surface area contributed by atoms with Crippen LogP contribution in [0.5, 0.6) is 0 Å². The van der Waals surface area contributed by atoms with Crippen molar-refractivity contribution in [3.05, 3.63) is 0 Å². The minimum absolute atomic E-state index is 0.132. The van der Waals surface area contributed by atoms with E-state index in [4.69, 9.17) is 5.11 Å². The Morgan fingerprint density at radius 2 is 1.03 bits per heavy atom. The summed E-state index contributed by atoms with van der Waals surface area (Å²) >= 11 is 0. The maximum absolute atomic E-state index is 13.6. The molecule has 0 bridgehead atoms. The molecule has 2 rings (SSSR count). The largest absolute Gasteiger partial charge is 0.481 e. The highest BCUT2D eigenvalue weighted by molar-refractivity contribution is 5.76. The summed E-state index contributed by atoms with van der Waals surface area (Å²) < 4.78 is 0. The molecule has 0 atom stereocenters. The van der Waals surface area contributed by atoms with Crippen molar-refractivity contribution >= 4 is 24.8 Å². The lowest BCUT2D eigenvalue weighted by molar-refractivity contribution is -0.178. The summed E-state index contributed by atoms with van der Waals surface area (Å²) in [5.74, 6) is -1.82. The Bertz CT molecular complexity index is 794. The van der Waals surface area contributed by atoms with Gasteiger partial charge in [-0.2, -0.15) is 0 Å². The molecule has 2 saturated heterocycles. The Morgan fingerprint density at radius 1 is 0.684 bits per heavy atom. The summed E-state index contributed by atoms with van der Waals surface area (Å²) in [5.41, 5.74) is -2.94. The zero-order valence-corrected chi connectivity index (χ0v) is 25.0. The van der Waals surface area contributed by atoms with Gasteiger partial charge in [0, 0.05) is 28.6 Å². The number of carbonyl (C=O) groups excluding carboxylic acids is 2. The maximum atomic E-state index is 13.6. The van der Waals surface area contributed by atoms with Gasteiger partial charge < -0.3 is 20.0 Å². The van der Waals surface area contributed by atoms with E-state index in [1.54, 1.807) is 0 Å². The molecule has 2 amide bonds. The summed E-state index contributed by atoms with van der Waals surface area (Å²) in [6.07, 6.45) is 8.89. The van der Waals surface area contributed by atoms with Crippen LogP contribution in [0, 0.1) is 17.3 Å². The standard InChI is InChI=1S/C30H52N2O6/c1-26(2)16-22(17-27(3,4)31(26)20-33)30(25(37)38,15-13-11-9-10-12-14-24(35)36)23-18-28(5,6)32(21-34)29(7,8)19-23/h20-23H,9-19H2,1-8H3,(H,35,36)(H,37,38). The number of amides is 2. The van der Waals surface area contributed by atoms with Gasteiger partial charge in [0.25, 0.3) is 0 Å². The number of carboxylic acid groups (broad SMARTS) is 2. The van der Waals surface area contributed by atoms with E-state index in [9.17, 15) is 24.3 Å². The van der Waals surface area contributed by atoms with Crippen LogP contribution in [0.15, 0.2) is 0 Å².